The van der Waals surface area contributed by atoms with Crippen LogP contribution >= 0.6 is 0 Å². The van der Waals surface area contributed by atoms with E-state index < -0.39 is 0 Å². The van der Waals surface area contributed by atoms with Gasteiger partial charge in [-0.3, -0.25) is 0 Å². The number of hydrogen-bond acceptors (Lipinski definition) is 4. The molecule has 1 radical (unpaired) electrons. The van der Waals surface area contributed by atoms with Gasteiger partial charge in [-0.1, -0.05) is 0 Å². The van der Waals surface area contributed by atoms with Crippen LogP contribution in [0.4, 0.5) is 0 Å². The quantitative estimate of drug-likeness (QED) is 0.441. The highest BCUT2D eigenvalue weighted by atomic mass is 16.0. The van der Waals surface area contributed by atoms with E-state index in [1.165, 1.54) is 0 Å². The molecule has 4 heteroatoms. The predicted octanol–water partition coefficient (Wildman–Crippen LogP) is -0.510. The molecule has 0 aromatic heterocycles. The first-order valence-corrected chi connectivity index (χ1v) is 2.11. The summed E-state index contributed by atoms with van der Waals surface area (Å²) >= 11 is 0. The Balaban J connectivity index is 2.30. The molecule has 3 aliphatic heterocycles. The lowest BCUT2D eigenvalue weighted by Gasteiger charge is -2.30. The van der Waals surface area contributed by atoms with Crippen LogP contribution in [0.3, 0.4) is 0 Å². The second-order valence-corrected chi connectivity index (χ2v) is 1.58. The molecule has 0 amide bonds. The number of amidine groups is 1. The molecule has 3 heterocycles. The molecule has 4 nitrogen and oxygen atoms in total. The Labute approximate surface area is 41.3 Å². The SMILES string of the molecule is CC1=NN2[CH]N1N2. The summed E-state index contributed by atoms with van der Waals surface area (Å²) in [6, 6.07) is 0. The van der Waals surface area contributed by atoms with E-state index in [2.05, 4.69) is 10.6 Å². The third-order valence-corrected chi connectivity index (χ3v) is 1.04. The van der Waals surface area contributed by atoms with Crippen LogP contribution in [0, 0.1) is 6.67 Å². The van der Waals surface area contributed by atoms with Gasteiger partial charge in [0, 0.05) is 0 Å². The van der Waals surface area contributed by atoms with E-state index in [9.17, 15) is 0 Å². The zero-order valence-corrected chi connectivity index (χ0v) is 3.92. The first-order chi connectivity index (χ1) is 3.36. The largest absolute Gasteiger partial charge is 0.245 e. The van der Waals surface area contributed by atoms with Crippen molar-refractivity contribution in [2.45, 2.75) is 6.92 Å². The van der Waals surface area contributed by atoms with Crippen molar-refractivity contribution in [1.29, 1.82) is 0 Å². The number of nitrogens with one attached hydrogen (secondary N) is 1. The van der Waals surface area contributed by atoms with E-state index in [1.54, 1.807) is 5.12 Å². The smallest absolute Gasteiger partial charge is 0.197 e. The normalized spacial score (nSPS) is 25.0. The minimum absolute atomic E-state index is 1.00. The van der Waals surface area contributed by atoms with Gasteiger partial charge in [0.05, 0.1) is 0 Å². The molecule has 0 spiro atoms. The van der Waals surface area contributed by atoms with Crippen LogP contribution in [0.15, 0.2) is 5.10 Å². The van der Waals surface area contributed by atoms with Crippen LogP contribution < -0.4 is 5.53 Å². The molecule has 2 bridgehead atoms. The summed E-state index contributed by atoms with van der Waals surface area (Å²) in [5, 5.41) is 7.48. The van der Waals surface area contributed by atoms with Gasteiger partial charge < -0.3 is 0 Å². The van der Waals surface area contributed by atoms with Gasteiger partial charge in [0.2, 0.25) is 0 Å². The van der Waals surface area contributed by atoms with Gasteiger partial charge in [-0.2, -0.15) is 5.12 Å². The maximum absolute atomic E-state index is 3.97. The maximum Gasteiger partial charge on any atom is 0.197 e. The lowest BCUT2D eigenvalue weighted by atomic mass is 10.7. The molecule has 0 atom stereocenters. The van der Waals surface area contributed by atoms with Crippen molar-refractivity contribution >= 4 is 5.84 Å². The van der Waals surface area contributed by atoms with Crippen molar-refractivity contribution in [2.75, 3.05) is 0 Å². The first-order valence-electron chi connectivity index (χ1n) is 2.11. The van der Waals surface area contributed by atoms with E-state index in [-0.39, 0.29) is 0 Å². The lowest BCUT2D eigenvalue weighted by molar-refractivity contribution is 0.0196. The van der Waals surface area contributed by atoms with Crippen molar-refractivity contribution in [2.24, 2.45) is 5.10 Å². The second kappa shape index (κ2) is 0.742. The number of nitrogens with zero attached hydrogens (tertiary/aromatic N) is 3. The number of hydrogen-bond donors (Lipinski definition) is 1. The lowest BCUT2D eigenvalue weighted by Crippen LogP contribution is -2.53. The fourth-order valence-corrected chi connectivity index (χ4v) is 0.623. The third-order valence-electron chi connectivity index (χ3n) is 1.04. The second-order valence-electron chi connectivity index (χ2n) is 1.58. The number of hydrazine groups is 2. The molecular weight excluding hydrogens is 92.1 g/mol. The van der Waals surface area contributed by atoms with Crippen LogP contribution in [0.5, 0.6) is 0 Å². The molecule has 0 aliphatic carbocycles. The Kier molecular flexibility index (Phi) is 0.346. The van der Waals surface area contributed by atoms with Crippen LogP contribution in [-0.2, 0) is 0 Å². The Hall–Kier alpha value is -0.770. The van der Waals surface area contributed by atoms with Crippen LogP contribution in [0.2, 0.25) is 0 Å². The highest BCUT2D eigenvalue weighted by Gasteiger charge is 2.31. The van der Waals surface area contributed by atoms with Crippen LogP contribution in [0.25, 0.3) is 0 Å². The van der Waals surface area contributed by atoms with E-state index in [1.807, 2.05) is 18.6 Å². The van der Waals surface area contributed by atoms with Gasteiger partial charge in [-0.05, 0) is 6.92 Å². The summed E-state index contributed by atoms with van der Waals surface area (Å²) < 4.78 is 0. The molecule has 0 saturated carbocycles. The first kappa shape index (κ1) is 3.26. The van der Waals surface area contributed by atoms with Crippen molar-refractivity contribution in [3.05, 3.63) is 6.67 Å². The summed E-state index contributed by atoms with van der Waals surface area (Å²) in [5.74, 6) is 1.00. The summed E-state index contributed by atoms with van der Waals surface area (Å²) in [5.41, 5.74) is 2.87. The fraction of sp³-hybridized carbons (Fsp3) is 0.333. The van der Waals surface area contributed by atoms with Gasteiger partial charge in [-0.25, -0.2) is 5.01 Å². The van der Waals surface area contributed by atoms with Gasteiger partial charge in [-0.15, -0.1) is 10.6 Å². The van der Waals surface area contributed by atoms with Gasteiger partial charge in [0.25, 0.3) is 0 Å². The van der Waals surface area contributed by atoms with Crippen molar-refractivity contribution < 1.29 is 0 Å². The minimum Gasteiger partial charge on any atom is -0.245 e. The van der Waals surface area contributed by atoms with Crippen LogP contribution in [0.1, 0.15) is 6.92 Å². The minimum atomic E-state index is 1.00. The molecule has 0 unspecified atom stereocenters. The average Bonchev–Trinajstić information content (AvgIpc) is 1.85. The highest BCUT2D eigenvalue weighted by molar-refractivity contribution is 5.82. The summed E-state index contributed by atoms with van der Waals surface area (Å²) in [6.07, 6.45) is 0. The molecule has 1 fully saturated rings. The molecule has 3 rings (SSSR count). The fourth-order valence-electron chi connectivity index (χ4n) is 0.623. The maximum atomic E-state index is 3.97. The standard InChI is InChI=1S/C3H5N4/c1-3-4-7-2-6(3)5-7/h2,5H,1H3. The molecule has 1 N–H and O–H groups in total. The van der Waals surface area contributed by atoms with Gasteiger partial charge in [0.15, 0.2) is 6.67 Å². The molecule has 1 saturated heterocycles. The average molecular weight is 97.1 g/mol. The molecular formula is C3H5N4. The summed E-state index contributed by atoms with van der Waals surface area (Å²) in [4.78, 5) is 0. The molecule has 3 aliphatic rings. The van der Waals surface area contributed by atoms with Crippen LogP contribution in [-0.4, -0.2) is 16.0 Å². The highest BCUT2D eigenvalue weighted by Crippen LogP contribution is 2.15. The van der Waals surface area contributed by atoms with E-state index in [0.29, 0.717) is 0 Å². The Morgan fingerprint density at radius 1 is 1.86 bits per heavy atom. The zero-order chi connectivity index (χ0) is 4.85. The topological polar surface area (TPSA) is 30.9 Å². The van der Waals surface area contributed by atoms with Gasteiger partial charge >= 0.3 is 0 Å². The van der Waals surface area contributed by atoms with Crippen molar-refractivity contribution in [3.63, 3.8) is 0 Å². The Bertz CT molecular complexity index is 123. The van der Waals surface area contributed by atoms with E-state index >= 15 is 0 Å². The Morgan fingerprint density at radius 3 is 2.71 bits per heavy atom. The molecule has 37 valence electrons. The predicted molar refractivity (Wildman–Crippen MR) is 24.2 cm³/mol. The summed E-state index contributed by atoms with van der Waals surface area (Å²) in [7, 11) is 0. The third kappa shape index (κ3) is 0.235. The van der Waals surface area contributed by atoms with Crippen molar-refractivity contribution in [3.8, 4) is 0 Å². The summed E-state index contributed by atoms with van der Waals surface area (Å²) in [6.45, 7) is 3.81. The number of rotatable bonds is 0. The molecule has 7 heavy (non-hydrogen) atoms. The number of hydrazone groups is 1. The van der Waals surface area contributed by atoms with E-state index in [4.69, 9.17) is 0 Å². The van der Waals surface area contributed by atoms with Crippen molar-refractivity contribution in [1.82, 2.24) is 15.7 Å². The monoisotopic (exact) mass is 97.1 g/mol. The van der Waals surface area contributed by atoms with Gasteiger partial charge in [0.1, 0.15) is 5.84 Å². The molecule has 0 aromatic rings. The zero-order valence-electron chi connectivity index (χ0n) is 3.92. The Morgan fingerprint density at radius 2 is 2.57 bits per heavy atom. The molecule has 0 aromatic carbocycles. The van der Waals surface area contributed by atoms with E-state index in [0.717, 1.165) is 5.84 Å².